The molecule has 0 heterocycles. The quantitative estimate of drug-likeness (QED) is 0.732. The van der Waals surface area contributed by atoms with Gasteiger partial charge in [-0.2, -0.15) is 0 Å². The van der Waals surface area contributed by atoms with E-state index in [1.165, 1.54) is 17.5 Å². The second kappa shape index (κ2) is 6.54. The normalized spacial score (nSPS) is 10.8. The molecule has 16 heavy (non-hydrogen) atoms. The summed E-state index contributed by atoms with van der Waals surface area (Å²) in [6.07, 6.45) is 3.36. The maximum atomic E-state index is 5.39. The van der Waals surface area contributed by atoms with Crippen LogP contribution in [0, 0.1) is 0 Å². The average Bonchev–Trinajstić information content (AvgIpc) is 2.28. The summed E-state index contributed by atoms with van der Waals surface area (Å²) in [6.45, 7) is 3.31. The highest BCUT2D eigenvalue weighted by Gasteiger charge is 2.04. The highest BCUT2D eigenvalue weighted by molar-refractivity contribution is 5.37. The Bertz CT molecular complexity index is 321. The Balaban J connectivity index is 2.67. The van der Waals surface area contributed by atoms with Gasteiger partial charge in [-0.25, -0.2) is 0 Å². The third kappa shape index (κ3) is 3.86. The van der Waals surface area contributed by atoms with Gasteiger partial charge < -0.3 is 9.64 Å². The Morgan fingerprint density at radius 2 is 2.00 bits per heavy atom. The summed E-state index contributed by atoms with van der Waals surface area (Å²) in [5.41, 5.74) is 2.73. The van der Waals surface area contributed by atoms with Crippen molar-refractivity contribution in [3.63, 3.8) is 0 Å². The molecule has 0 bridgehead atoms. The van der Waals surface area contributed by atoms with Crippen molar-refractivity contribution in [1.82, 2.24) is 4.90 Å². The molecule has 1 aromatic rings. The van der Waals surface area contributed by atoms with Crippen molar-refractivity contribution < 1.29 is 4.74 Å². The van der Waals surface area contributed by atoms with Gasteiger partial charge in [-0.1, -0.05) is 19.1 Å². The number of rotatable bonds is 6. The molecule has 1 aromatic carbocycles. The summed E-state index contributed by atoms with van der Waals surface area (Å²) in [6, 6.07) is 6.51. The minimum atomic E-state index is 1.02. The number of aryl methyl sites for hydroxylation is 2. The van der Waals surface area contributed by atoms with E-state index in [2.05, 4.69) is 44.1 Å². The molecule has 0 amide bonds. The van der Waals surface area contributed by atoms with Gasteiger partial charge in [0.25, 0.3) is 0 Å². The Labute approximate surface area is 99.2 Å². The summed E-state index contributed by atoms with van der Waals surface area (Å²) in [7, 11) is 5.97. The van der Waals surface area contributed by atoms with Crippen LogP contribution in [0.25, 0.3) is 0 Å². The van der Waals surface area contributed by atoms with Crippen LogP contribution >= 0.6 is 0 Å². The Morgan fingerprint density at radius 1 is 1.25 bits per heavy atom. The largest absolute Gasteiger partial charge is 0.496 e. The lowest BCUT2D eigenvalue weighted by Crippen LogP contribution is -2.13. The molecular weight excluding hydrogens is 198 g/mol. The van der Waals surface area contributed by atoms with E-state index >= 15 is 0 Å². The summed E-state index contributed by atoms with van der Waals surface area (Å²) >= 11 is 0. The average molecular weight is 221 g/mol. The van der Waals surface area contributed by atoms with Crippen molar-refractivity contribution in [3.8, 4) is 5.75 Å². The van der Waals surface area contributed by atoms with Crippen LogP contribution in [0.3, 0.4) is 0 Å². The molecule has 0 N–H and O–H groups in total. The third-order valence-electron chi connectivity index (χ3n) is 2.80. The molecule has 0 aliphatic rings. The molecule has 0 aliphatic heterocycles. The highest BCUT2D eigenvalue weighted by Crippen LogP contribution is 2.21. The van der Waals surface area contributed by atoms with Crippen LogP contribution in [0.15, 0.2) is 18.2 Å². The molecule has 0 saturated carbocycles. The van der Waals surface area contributed by atoms with Gasteiger partial charge in [0.15, 0.2) is 0 Å². The first kappa shape index (κ1) is 13.0. The molecular formula is C14H23NO. The second-order valence-corrected chi connectivity index (χ2v) is 4.41. The van der Waals surface area contributed by atoms with Gasteiger partial charge >= 0.3 is 0 Å². The molecule has 0 unspecified atom stereocenters. The summed E-state index contributed by atoms with van der Waals surface area (Å²) in [5, 5.41) is 0. The highest BCUT2D eigenvalue weighted by atomic mass is 16.5. The predicted molar refractivity (Wildman–Crippen MR) is 69.2 cm³/mol. The van der Waals surface area contributed by atoms with Crippen molar-refractivity contribution >= 4 is 0 Å². The number of ether oxygens (including phenoxy) is 1. The predicted octanol–water partition coefficient (Wildman–Crippen LogP) is 2.75. The Kier molecular flexibility index (Phi) is 5.33. The molecule has 0 radical (unpaired) electrons. The molecule has 0 spiro atoms. The first-order valence-electron chi connectivity index (χ1n) is 5.98. The van der Waals surface area contributed by atoms with Gasteiger partial charge in [0, 0.05) is 0 Å². The van der Waals surface area contributed by atoms with Gasteiger partial charge in [0.2, 0.25) is 0 Å². The molecule has 0 aliphatic carbocycles. The van der Waals surface area contributed by atoms with E-state index in [0.29, 0.717) is 0 Å². The van der Waals surface area contributed by atoms with Gasteiger partial charge in [0.05, 0.1) is 7.11 Å². The zero-order chi connectivity index (χ0) is 12.0. The zero-order valence-electron chi connectivity index (χ0n) is 10.9. The first-order chi connectivity index (χ1) is 7.67. The van der Waals surface area contributed by atoms with Crippen LogP contribution in [0.2, 0.25) is 0 Å². The number of methoxy groups -OCH3 is 1. The number of benzene rings is 1. The van der Waals surface area contributed by atoms with Gasteiger partial charge in [-0.3, -0.25) is 0 Å². The van der Waals surface area contributed by atoms with Crippen molar-refractivity contribution in [3.05, 3.63) is 29.3 Å². The molecule has 0 atom stereocenters. The third-order valence-corrected chi connectivity index (χ3v) is 2.80. The SMILES string of the molecule is CCc1ccc(OC)c(CCCN(C)C)c1. The fraction of sp³-hybridized carbons (Fsp3) is 0.571. The number of hydrogen-bond donors (Lipinski definition) is 0. The van der Waals surface area contributed by atoms with Crippen LogP contribution in [0.4, 0.5) is 0 Å². The summed E-state index contributed by atoms with van der Waals surface area (Å²) < 4.78 is 5.39. The summed E-state index contributed by atoms with van der Waals surface area (Å²) in [5.74, 6) is 1.02. The molecule has 90 valence electrons. The molecule has 0 saturated heterocycles. The molecule has 2 heteroatoms. The second-order valence-electron chi connectivity index (χ2n) is 4.41. The van der Waals surface area contributed by atoms with E-state index in [4.69, 9.17) is 4.74 Å². The maximum absolute atomic E-state index is 5.39. The van der Waals surface area contributed by atoms with E-state index < -0.39 is 0 Å². The van der Waals surface area contributed by atoms with E-state index in [1.54, 1.807) is 7.11 Å². The van der Waals surface area contributed by atoms with Crippen molar-refractivity contribution in [1.29, 1.82) is 0 Å². The molecule has 0 aromatic heterocycles. The van der Waals surface area contributed by atoms with Crippen LogP contribution in [-0.2, 0) is 12.8 Å². The van der Waals surface area contributed by atoms with Crippen molar-refractivity contribution in [2.24, 2.45) is 0 Å². The maximum Gasteiger partial charge on any atom is 0.122 e. The number of hydrogen-bond acceptors (Lipinski definition) is 2. The Morgan fingerprint density at radius 3 is 2.56 bits per heavy atom. The van der Waals surface area contributed by atoms with Gasteiger partial charge in [0.1, 0.15) is 5.75 Å². The van der Waals surface area contributed by atoms with Crippen molar-refractivity contribution in [2.45, 2.75) is 26.2 Å². The molecule has 1 rings (SSSR count). The fourth-order valence-corrected chi connectivity index (χ4v) is 1.83. The zero-order valence-corrected chi connectivity index (χ0v) is 10.9. The van der Waals surface area contributed by atoms with Crippen LogP contribution in [0.5, 0.6) is 5.75 Å². The van der Waals surface area contributed by atoms with E-state index in [-0.39, 0.29) is 0 Å². The van der Waals surface area contributed by atoms with Gasteiger partial charge in [-0.15, -0.1) is 0 Å². The lowest BCUT2D eigenvalue weighted by molar-refractivity contribution is 0.391. The molecule has 2 nitrogen and oxygen atoms in total. The molecule has 0 fully saturated rings. The topological polar surface area (TPSA) is 12.5 Å². The lowest BCUT2D eigenvalue weighted by atomic mass is 10.0. The van der Waals surface area contributed by atoms with E-state index in [0.717, 1.165) is 25.1 Å². The van der Waals surface area contributed by atoms with Crippen molar-refractivity contribution in [2.75, 3.05) is 27.7 Å². The van der Waals surface area contributed by atoms with Gasteiger partial charge in [-0.05, 0) is 57.1 Å². The Hall–Kier alpha value is -1.02. The van der Waals surface area contributed by atoms with Crippen LogP contribution in [0.1, 0.15) is 24.5 Å². The minimum Gasteiger partial charge on any atom is -0.496 e. The smallest absolute Gasteiger partial charge is 0.122 e. The van der Waals surface area contributed by atoms with Crippen LogP contribution in [-0.4, -0.2) is 32.6 Å². The van der Waals surface area contributed by atoms with E-state index in [9.17, 15) is 0 Å². The summed E-state index contributed by atoms with van der Waals surface area (Å²) in [4.78, 5) is 2.22. The monoisotopic (exact) mass is 221 g/mol. The van der Waals surface area contributed by atoms with E-state index in [1.807, 2.05) is 0 Å². The fourth-order valence-electron chi connectivity index (χ4n) is 1.83. The first-order valence-corrected chi connectivity index (χ1v) is 5.98. The lowest BCUT2D eigenvalue weighted by Gasteiger charge is -2.12. The minimum absolute atomic E-state index is 1.02. The number of nitrogens with zero attached hydrogens (tertiary/aromatic N) is 1. The van der Waals surface area contributed by atoms with Crippen LogP contribution < -0.4 is 4.74 Å². The standard InChI is InChI=1S/C14H23NO/c1-5-12-8-9-14(16-4)13(11-12)7-6-10-15(2)3/h8-9,11H,5-7,10H2,1-4H3.